The van der Waals surface area contributed by atoms with Gasteiger partial charge in [0.25, 0.3) is 0 Å². The van der Waals surface area contributed by atoms with Gasteiger partial charge in [-0.15, -0.1) is 11.3 Å². The van der Waals surface area contributed by atoms with Crippen molar-refractivity contribution in [3.63, 3.8) is 0 Å². The summed E-state index contributed by atoms with van der Waals surface area (Å²) in [4.78, 5) is 40.4. The summed E-state index contributed by atoms with van der Waals surface area (Å²) in [6, 6.07) is 3.86. The number of carbonyl (C=O) groups is 3. The van der Waals surface area contributed by atoms with Crippen molar-refractivity contribution in [2.75, 3.05) is 7.11 Å². The van der Waals surface area contributed by atoms with Gasteiger partial charge in [-0.05, 0) is 56.4 Å². The smallest absolute Gasteiger partial charge is 0.337 e. The van der Waals surface area contributed by atoms with Crippen LogP contribution in [0.2, 0.25) is 0 Å². The number of ketones is 1. The summed E-state index contributed by atoms with van der Waals surface area (Å²) in [6.07, 6.45) is 6.69. The summed E-state index contributed by atoms with van der Waals surface area (Å²) in [5.74, 6) is -2.72. The molecule has 1 fully saturated rings. The Morgan fingerprint density at radius 3 is 2.50 bits per heavy atom. The van der Waals surface area contributed by atoms with E-state index in [2.05, 4.69) is 5.32 Å². The molecule has 1 saturated carbocycles. The van der Waals surface area contributed by atoms with E-state index in [1.54, 1.807) is 0 Å². The summed E-state index contributed by atoms with van der Waals surface area (Å²) in [6.45, 7) is 3.76. The normalized spacial score (nSPS) is 26.8. The maximum absolute atomic E-state index is 13.6. The Morgan fingerprint density at radius 1 is 1.16 bits per heavy atom. The van der Waals surface area contributed by atoms with E-state index >= 15 is 0 Å². The number of rotatable bonds is 4. The molecule has 172 valence electrons. The third-order valence-corrected chi connectivity index (χ3v) is 7.80. The predicted octanol–water partition coefficient (Wildman–Crippen LogP) is 4.63. The SMILES string of the molecule is COC(=O)[C@H]1C(=O)C2=C(C[C@H]1C)NC(C)=C(C(=O)OC1CCCCCC1)[C@@H]2c1cccs1. The van der Waals surface area contributed by atoms with Crippen molar-refractivity contribution < 1.29 is 23.9 Å². The van der Waals surface area contributed by atoms with Gasteiger partial charge >= 0.3 is 11.9 Å². The lowest BCUT2D eigenvalue weighted by atomic mass is 9.70. The Morgan fingerprint density at radius 2 is 1.88 bits per heavy atom. The Balaban J connectivity index is 1.71. The lowest BCUT2D eigenvalue weighted by molar-refractivity contribution is -0.151. The first kappa shape index (κ1) is 22.8. The van der Waals surface area contributed by atoms with Crippen molar-refractivity contribution in [1.29, 1.82) is 0 Å². The van der Waals surface area contributed by atoms with E-state index < -0.39 is 17.8 Å². The fraction of sp³-hybridized carbons (Fsp3) is 0.560. The molecule has 0 bridgehead atoms. The van der Waals surface area contributed by atoms with E-state index in [-0.39, 0.29) is 23.8 Å². The molecule has 0 radical (unpaired) electrons. The molecule has 1 aromatic heterocycles. The Hall–Kier alpha value is -2.41. The highest BCUT2D eigenvalue weighted by atomic mass is 32.1. The Kier molecular flexibility index (Phi) is 6.84. The van der Waals surface area contributed by atoms with Crippen molar-refractivity contribution in [2.45, 2.75) is 70.8 Å². The zero-order valence-electron chi connectivity index (χ0n) is 18.9. The van der Waals surface area contributed by atoms with Crippen LogP contribution in [0.25, 0.3) is 0 Å². The molecule has 0 saturated heterocycles. The van der Waals surface area contributed by atoms with E-state index in [0.29, 0.717) is 17.6 Å². The second kappa shape index (κ2) is 9.61. The highest BCUT2D eigenvalue weighted by Crippen LogP contribution is 2.46. The van der Waals surface area contributed by atoms with Gasteiger partial charge in [0.2, 0.25) is 0 Å². The second-order valence-corrected chi connectivity index (χ2v) is 10.0. The Labute approximate surface area is 193 Å². The molecule has 1 N–H and O–H groups in total. The summed E-state index contributed by atoms with van der Waals surface area (Å²) in [7, 11) is 1.31. The number of dihydropyridines is 1. The molecule has 7 heteroatoms. The molecule has 6 nitrogen and oxygen atoms in total. The molecule has 0 aromatic carbocycles. The Bertz CT molecular complexity index is 953. The number of nitrogens with one attached hydrogen (secondary N) is 1. The minimum atomic E-state index is -0.861. The largest absolute Gasteiger partial charge is 0.468 e. The standard InChI is InChI=1S/C25H31NO5S/c1-14-13-17-21(23(27)19(14)24(28)30-3)22(18-11-8-12-32-18)20(15(2)26-17)25(29)31-16-9-6-4-5-7-10-16/h8,11-12,14,16,19,22,26H,4-7,9-10,13H2,1-3H3/t14-,19-,22+/m1/s1. The van der Waals surface area contributed by atoms with Crippen molar-refractivity contribution >= 4 is 29.1 Å². The van der Waals surface area contributed by atoms with Gasteiger partial charge < -0.3 is 14.8 Å². The van der Waals surface area contributed by atoms with Crippen LogP contribution in [0, 0.1) is 11.8 Å². The number of thiophene rings is 1. The van der Waals surface area contributed by atoms with Crippen LogP contribution in [0.1, 0.15) is 69.6 Å². The van der Waals surface area contributed by atoms with Gasteiger partial charge in [0.05, 0.1) is 18.6 Å². The first-order valence-corrected chi connectivity index (χ1v) is 12.4. The highest BCUT2D eigenvalue weighted by Gasteiger charge is 2.47. The molecule has 3 atom stereocenters. The van der Waals surface area contributed by atoms with Crippen molar-refractivity contribution in [2.24, 2.45) is 11.8 Å². The quantitative estimate of drug-likeness (QED) is 0.403. The molecule has 3 aliphatic rings. The number of hydrogen-bond donors (Lipinski definition) is 1. The minimum Gasteiger partial charge on any atom is -0.468 e. The number of esters is 2. The van der Waals surface area contributed by atoms with Gasteiger partial charge in [0, 0.05) is 21.8 Å². The number of hydrogen-bond acceptors (Lipinski definition) is 7. The van der Waals surface area contributed by atoms with Gasteiger partial charge in [-0.2, -0.15) is 0 Å². The fourth-order valence-electron chi connectivity index (χ4n) is 5.27. The summed E-state index contributed by atoms with van der Waals surface area (Å²) < 4.78 is 10.9. The van der Waals surface area contributed by atoms with Crippen LogP contribution in [0.4, 0.5) is 0 Å². The molecule has 32 heavy (non-hydrogen) atoms. The third kappa shape index (κ3) is 4.27. The van der Waals surface area contributed by atoms with E-state index in [0.717, 1.165) is 42.0 Å². The topological polar surface area (TPSA) is 81.7 Å². The fourth-order valence-corrected chi connectivity index (χ4v) is 6.11. The van der Waals surface area contributed by atoms with E-state index in [1.165, 1.54) is 31.3 Å². The van der Waals surface area contributed by atoms with Crippen LogP contribution < -0.4 is 5.32 Å². The van der Waals surface area contributed by atoms with Gasteiger partial charge in [-0.3, -0.25) is 9.59 Å². The van der Waals surface area contributed by atoms with Crippen LogP contribution in [0.3, 0.4) is 0 Å². The van der Waals surface area contributed by atoms with Crippen LogP contribution >= 0.6 is 11.3 Å². The molecule has 1 aliphatic heterocycles. The maximum Gasteiger partial charge on any atom is 0.337 e. The van der Waals surface area contributed by atoms with Gasteiger partial charge in [-0.1, -0.05) is 25.8 Å². The lowest BCUT2D eigenvalue weighted by Gasteiger charge is -2.38. The lowest BCUT2D eigenvalue weighted by Crippen LogP contribution is -2.43. The van der Waals surface area contributed by atoms with Crippen molar-refractivity contribution in [3.8, 4) is 0 Å². The molecule has 2 heterocycles. The van der Waals surface area contributed by atoms with Crippen LogP contribution in [0.15, 0.2) is 40.1 Å². The first-order valence-electron chi connectivity index (χ1n) is 11.5. The van der Waals surface area contributed by atoms with Crippen LogP contribution in [0.5, 0.6) is 0 Å². The van der Waals surface area contributed by atoms with E-state index in [1.807, 2.05) is 31.4 Å². The van der Waals surface area contributed by atoms with Gasteiger partial charge in [0.1, 0.15) is 12.0 Å². The average molecular weight is 458 g/mol. The minimum absolute atomic E-state index is 0.0884. The zero-order chi connectivity index (χ0) is 22.8. The van der Waals surface area contributed by atoms with Crippen LogP contribution in [-0.4, -0.2) is 30.9 Å². The monoisotopic (exact) mass is 457 g/mol. The highest BCUT2D eigenvalue weighted by molar-refractivity contribution is 7.10. The predicted molar refractivity (Wildman–Crippen MR) is 122 cm³/mol. The number of ether oxygens (including phenoxy) is 2. The molecule has 4 rings (SSSR count). The third-order valence-electron chi connectivity index (χ3n) is 6.87. The number of Topliss-reactive ketones (excluding diaryl/α,β-unsaturated/α-hetero) is 1. The van der Waals surface area contributed by atoms with Crippen molar-refractivity contribution in [3.05, 3.63) is 44.9 Å². The molecule has 0 unspecified atom stereocenters. The summed E-state index contributed by atoms with van der Waals surface area (Å²) in [5, 5.41) is 5.26. The maximum atomic E-state index is 13.6. The zero-order valence-corrected chi connectivity index (χ0v) is 19.8. The molecule has 1 aromatic rings. The molecule has 0 amide bonds. The first-order chi connectivity index (χ1) is 15.4. The molecule has 0 spiro atoms. The molecular formula is C25H31NO5S. The van der Waals surface area contributed by atoms with Crippen LogP contribution in [-0.2, 0) is 23.9 Å². The number of allylic oxidation sites excluding steroid dienone is 3. The summed E-state index contributed by atoms with van der Waals surface area (Å²) >= 11 is 1.50. The van der Waals surface area contributed by atoms with Crippen molar-refractivity contribution in [1.82, 2.24) is 5.32 Å². The molecule has 2 aliphatic carbocycles. The van der Waals surface area contributed by atoms with Gasteiger partial charge in [0.15, 0.2) is 5.78 Å². The second-order valence-electron chi connectivity index (χ2n) is 9.07. The van der Waals surface area contributed by atoms with E-state index in [9.17, 15) is 14.4 Å². The summed E-state index contributed by atoms with van der Waals surface area (Å²) in [5.41, 5.74) is 2.49. The number of carbonyl (C=O) groups excluding carboxylic acids is 3. The average Bonchev–Trinajstić information content (AvgIpc) is 3.17. The number of methoxy groups -OCH3 is 1. The van der Waals surface area contributed by atoms with Gasteiger partial charge in [-0.25, -0.2) is 4.79 Å². The van der Waals surface area contributed by atoms with E-state index in [4.69, 9.17) is 9.47 Å². The molecular weight excluding hydrogens is 426 g/mol.